The van der Waals surface area contributed by atoms with E-state index in [2.05, 4.69) is 16.1 Å². The lowest BCUT2D eigenvalue weighted by Gasteiger charge is -2.22. The van der Waals surface area contributed by atoms with Crippen molar-refractivity contribution < 1.29 is 9.18 Å². The van der Waals surface area contributed by atoms with E-state index in [1.165, 1.54) is 28.3 Å². The number of hydrogen-bond acceptors (Lipinski definition) is 5. The molecule has 1 aliphatic rings. The highest BCUT2D eigenvalue weighted by molar-refractivity contribution is 7.13. The molecular formula is C21H17FN4OS2. The summed E-state index contributed by atoms with van der Waals surface area (Å²) in [5.74, 6) is 0.265. The highest BCUT2D eigenvalue weighted by Gasteiger charge is 2.33. The van der Waals surface area contributed by atoms with Crippen LogP contribution in [0.3, 0.4) is 0 Å². The van der Waals surface area contributed by atoms with E-state index in [0.717, 1.165) is 17.7 Å². The third-order valence-electron chi connectivity index (χ3n) is 5.00. The minimum atomic E-state index is -0.321. The van der Waals surface area contributed by atoms with Crippen LogP contribution in [0.1, 0.15) is 34.4 Å². The Balaban J connectivity index is 1.54. The normalized spacial score (nSPS) is 16.4. The standard InChI is InChI=1S/C21H17FN4OS2/c22-14-7-9-15(10-8-14)26-20(18-6-3-13-29-18)23-19(24-26)21(27)25-11-1-4-16(25)17-5-2-12-28-17/h2-3,5-10,12-13,16H,1,4,11H2. The maximum atomic E-state index is 13.4. The van der Waals surface area contributed by atoms with Crippen molar-refractivity contribution in [2.75, 3.05) is 6.54 Å². The third kappa shape index (κ3) is 3.38. The Morgan fingerprint density at radius 3 is 2.59 bits per heavy atom. The number of halogens is 1. The molecule has 1 aliphatic heterocycles. The highest BCUT2D eigenvalue weighted by atomic mass is 32.1. The molecule has 3 aromatic heterocycles. The number of likely N-dealkylation sites (tertiary alicyclic amines) is 1. The maximum Gasteiger partial charge on any atom is 0.294 e. The first kappa shape index (κ1) is 18.2. The lowest BCUT2D eigenvalue weighted by Crippen LogP contribution is -2.31. The van der Waals surface area contributed by atoms with E-state index in [1.807, 2.05) is 33.9 Å². The largest absolute Gasteiger partial charge is 0.328 e. The third-order valence-corrected chi connectivity index (χ3v) is 6.84. The first-order chi connectivity index (χ1) is 14.2. The van der Waals surface area contributed by atoms with Crippen LogP contribution >= 0.6 is 22.7 Å². The average Bonchev–Trinajstić information content (AvgIpc) is 3.54. The molecule has 1 amide bonds. The molecule has 0 spiro atoms. The summed E-state index contributed by atoms with van der Waals surface area (Å²) >= 11 is 3.19. The first-order valence-corrected chi connectivity index (χ1v) is 11.1. The zero-order valence-electron chi connectivity index (χ0n) is 15.4. The maximum absolute atomic E-state index is 13.4. The fraction of sp³-hybridized carbons (Fsp3) is 0.190. The molecule has 1 saturated heterocycles. The highest BCUT2D eigenvalue weighted by Crippen LogP contribution is 2.35. The summed E-state index contributed by atoms with van der Waals surface area (Å²) < 4.78 is 15.0. The Morgan fingerprint density at radius 2 is 1.86 bits per heavy atom. The Bertz CT molecular complexity index is 1120. The van der Waals surface area contributed by atoms with Crippen molar-refractivity contribution in [2.24, 2.45) is 0 Å². The molecule has 0 N–H and O–H groups in total. The predicted octanol–water partition coefficient (Wildman–Crippen LogP) is 5.17. The molecule has 4 heterocycles. The van der Waals surface area contributed by atoms with E-state index in [9.17, 15) is 9.18 Å². The van der Waals surface area contributed by atoms with Crippen molar-refractivity contribution in [1.29, 1.82) is 0 Å². The van der Waals surface area contributed by atoms with Gasteiger partial charge in [0.2, 0.25) is 5.82 Å². The lowest BCUT2D eigenvalue weighted by atomic mass is 10.2. The van der Waals surface area contributed by atoms with Gasteiger partial charge in [-0.25, -0.2) is 14.1 Å². The van der Waals surface area contributed by atoms with E-state index in [-0.39, 0.29) is 23.6 Å². The molecule has 0 aliphatic carbocycles. The summed E-state index contributed by atoms with van der Waals surface area (Å²) in [5.41, 5.74) is 0.664. The van der Waals surface area contributed by atoms with Gasteiger partial charge in [-0.05, 0) is 60.0 Å². The molecule has 8 heteroatoms. The van der Waals surface area contributed by atoms with Gasteiger partial charge in [0.05, 0.1) is 16.6 Å². The van der Waals surface area contributed by atoms with Gasteiger partial charge in [-0.15, -0.1) is 27.8 Å². The number of carbonyl (C=O) groups excluding carboxylic acids is 1. The number of benzene rings is 1. The predicted molar refractivity (Wildman–Crippen MR) is 112 cm³/mol. The van der Waals surface area contributed by atoms with E-state index in [1.54, 1.807) is 28.2 Å². The summed E-state index contributed by atoms with van der Waals surface area (Å²) in [6.45, 7) is 0.695. The number of aromatic nitrogens is 3. The SMILES string of the molecule is O=C(c1nc(-c2cccs2)n(-c2ccc(F)cc2)n1)N1CCCC1c1cccs1. The summed E-state index contributed by atoms with van der Waals surface area (Å²) in [4.78, 5) is 21.9. The van der Waals surface area contributed by atoms with Crippen molar-refractivity contribution in [3.05, 3.63) is 75.8 Å². The van der Waals surface area contributed by atoms with Gasteiger partial charge in [0.15, 0.2) is 5.82 Å². The Hall–Kier alpha value is -2.84. The topological polar surface area (TPSA) is 51.0 Å². The fourth-order valence-electron chi connectivity index (χ4n) is 3.65. The zero-order valence-corrected chi connectivity index (χ0v) is 17.0. The van der Waals surface area contributed by atoms with Gasteiger partial charge >= 0.3 is 0 Å². The van der Waals surface area contributed by atoms with Crippen LogP contribution in [0.25, 0.3) is 16.4 Å². The average molecular weight is 425 g/mol. The van der Waals surface area contributed by atoms with Crippen molar-refractivity contribution in [2.45, 2.75) is 18.9 Å². The Labute approximate surface area is 175 Å². The number of rotatable bonds is 4. The molecule has 146 valence electrons. The smallest absolute Gasteiger partial charge is 0.294 e. The molecule has 0 saturated carbocycles. The first-order valence-electron chi connectivity index (χ1n) is 9.32. The second-order valence-electron chi connectivity index (χ2n) is 6.80. The molecule has 1 aromatic carbocycles. The van der Waals surface area contributed by atoms with Gasteiger partial charge in [-0.3, -0.25) is 4.79 Å². The van der Waals surface area contributed by atoms with Crippen LogP contribution in [-0.4, -0.2) is 32.1 Å². The van der Waals surface area contributed by atoms with Gasteiger partial charge in [-0.2, -0.15) is 0 Å². The van der Waals surface area contributed by atoms with Crippen LogP contribution in [-0.2, 0) is 0 Å². The van der Waals surface area contributed by atoms with Crippen LogP contribution in [0.15, 0.2) is 59.3 Å². The van der Waals surface area contributed by atoms with Crippen LogP contribution in [0.4, 0.5) is 4.39 Å². The monoisotopic (exact) mass is 424 g/mol. The van der Waals surface area contributed by atoms with Crippen LogP contribution in [0.5, 0.6) is 0 Å². The summed E-state index contributed by atoms with van der Waals surface area (Å²) in [7, 11) is 0. The van der Waals surface area contributed by atoms with Gasteiger partial charge in [0.25, 0.3) is 5.91 Å². The van der Waals surface area contributed by atoms with Crippen molar-refractivity contribution >= 4 is 28.6 Å². The van der Waals surface area contributed by atoms with Crippen molar-refractivity contribution in [3.8, 4) is 16.4 Å². The molecule has 1 atom stereocenters. The molecule has 5 nitrogen and oxygen atoms in total. The Morgan fingerprint density at radius 1 is 1.07 bits per heavy atom. The van der Waals surface area contributed by atoms with E-state index < -0.39 is 0 Å². The van der Waals surface area contributed by atoms with E-state index in [0.29, 0.717) is 18.1 Å². The molecule has 1 fully saturated rings. The van der Waals surface area contributed by atoms with Gasteiger partial charge in [-0.1, -0.05) is 12.1 Å². The number of hydrogen-bond donors (Lipinski definition) is 0. The minimum Gasteiger partial charge on any atom is -0.328 e. The molecule has 4 aromatic rings. The molecule has 0 radical (unpaired) electrons. The Kier molecular flexibility index (Phi) is 4.73. The second kappa shape index (κ2) is 7.53. The van der Waals surface area contributed by atoms with Crippen LogP contribution in [0, 0.1) is 5.82 Å². The molecular weight excluding hydrogens is 407 g/mol. The molecule has 1 unspecified atom stereocenters. The van der Waals surface area contributed by atoms with Crippen molar-refractivity contribution in [1.82, 2.24) is 19.7 Å². The van der Waals surface area contributed by atoms with Crippen molar-refractivity contribution in [3.63, 3.8) is 0 Å². The van der Waals surface area contributed by atoms with Crippen LogP contribution in [0.2, 0.25) is 0 Å². The number of carbonyl (C=O) groups is 1. The van der Waals surface area contributed by atoms with E-state index >= 15 is 0 Å². The van der Waals surface area contributed by atoms with Gasteiger partial charge < -0.3 is 4.90 Å². The summed E-state index contributed by atoms with van der Waals surface area (Å²) in [6.07, 6.45) is 1.91. The number of thiophene rings is 2. The van der Waals surface area contributed by atoms with Crippen LogP contribution < -0.4 is 0 Å². The summed E-state index contributed by atoms with van der Waals surface area (Å²) in [6, 6.07) is 14.1. The molecule has 29 heavy (non-hydrogen) atoms. The van der Waals surface area contributed by atoms with Gasteiger partial charge in [0, 0.05) is 11.4 Å². The second-order valence-corrected chi connectivity index (χ2v) is 8.72. The molecule has 5 rings (SSSR count). The van der Waals surface area contributed by atoms with Gasteiger partial charge in [0.1, 0.15) is 5.82 Å². The fourth-order valence-corrected chi connectivity index (χ4v) is 5.22. The number of amides is 1. The quantitative estimate of drug-likeness (QED) is 0.454. The lowest BCUT2D eigenvalue weighted by molar-refractivity contribution is 0.0725. The number of nitrogens with zero attached hydrogens (tertiary/aromatic N) is 4. The minimum absolute atomic E-state index is 0.0745. The molecule has 0 bridgehead atoms. The summed E-state index contributed by atoms with van der Waals surface area (Å²) in [5, 5.41) is 8.51. The van der Waals surface area contributed by atoms with E-state index in [4.69, 9.17) is 0 Å². The zero-order chi connectivity index (χ0) is 19.8.